The van der Waals surface area contributed by atoms with E-state index in [9.17, 15) is 5.11 Å². The average molecular weight is 360 g/mol. The van der Waals surface area contributed by atoms with Gasteiger partial charge in [-0.3, -0.25) is 0 Å². The van der Waals surface area contributed by atoms with Crippen LogP contribution in [-0.4, -0.2) is 32.5 Å². The Kier molecular flexibility index (Phi) is 14.4. The Morgan fingerprint density at radius 3 is 2.62 bits per heavy atom. The van der Waals surface area contributed by atoms with Gasteiger partial charge in [0.1, 0.15) is 0 Å². The van der Waals surface area contributed by atoms with Crippen molar-refractivity contribution in [2.75, 3.05) is 6.61 Å². The van der Waals surface area contributed by atoms with Gasteiger partial charge in [0.2, 0.25) is 0 Å². The normalized spacial score (nSPS) is 14.4. The van der Waals surface area contributed by atoms with Gasteiger partial charge < -0.3 is 29.6 Å². The summed E-state index contributed by atoms with van der Waals surface area (Å²) in [7, 11) is 0. The molecule has 6 heteroatoms. The van der Waals surface area contributed by atoms with Crippen LogP contribution in [0.15, 0.2) is 41.1 Å². The second-order valence-corrected chi connectivity index (χ2v) is 2.34. The zero-order valence-corrected chi connectivity index (χ0v) is 13.3. The number of rotatable bonds is 2. The molecule has 1 aliphatic rings. The summed E-state index contributed by atoms with van der Waals surface area (Å²) in [5, 5.41) is 19.7. The van der Waals surface area contributed by atoms with Crippen molar-refractivity contribution >= 4 is 25.8 Å². The van der Waals surface area contributed by atoms with E-state index in [0.29, 0.717) is 17.8 Å². The monoisotopic (exact) mass is 359 g/mol. The van der Waals surface area contributed by atoms with E-state index in [0.717, 1.165) is 0 Å². The maximum Gasteiger partial charge on any atom is 0.338 e. The average Bonchev–Trinajstić information content (AvgIpc) is 2.18. The van der Waals surface area contributed by atoms with Crippen molar-refractivity contribution in [3.8, 4) is 6.07 Å². The minimum Gasteiger partial charge on any atom is -1.00 e. The van der Waals surface area contributed by atoms with Crippen molar-refractivity contribution in [3.05, 3.63) is 41.1 Å². The molecule has 0 saturated carbocycles. The first kappa shape index (κ1) is 20.9. The number of allylic oxidation sites excluding steroid dienone is 4. The summed E-state index contributed by atoms with van der Waals surface area (Å²) < 4.78 is 4.76. The third kappa shape index (κ3) is 6.19. The molecule has 4 radical (unpaired) electrons. The van der Waals surface area contributed by atoms with E-state index in [-0.39, 0.29) is 50.7 Å². The largest absolute Gasteiger partial charge is 1.00 e. The molecule has 0 aromatic heterocycles. The summed E-state index contributed by atoms with van der Waals surface area (Å²) in [5.74, 6) is -0.421. The molecular formula is C10H8Cl2InNO2-2. The van der Waals surface area contributed by atoms with Crippen LogP contribution >= 0.6 is 0 Å². The smallest absolute Gasteiger partial charge is 0.338 e. The fraction of sp³-hybridized carbons (Fsp3) is 0.200. The molecule has 0 heterocycles. The molecule has 0 amide bonds. The number of hydrogen-bond donors (Lipinski definition) is 0. The predicted octanol–water partition coefficient (Wildman–Crippen LogP) is -4.53. The Hall–Kier alpha value is -0.460. The van der Waals surface area contributed by atoms with Gasteiger partial charge in [-0.2, -0.15) is 5.26 Å². The van der Waals surface area contributed by atoms with Gasteiger partial charge in [-0.1, -0.05) is 0 Å². The summed E-state index contributed by atoms with van der Waals surface area (Å²) in [6.45, 7) is 2.06. The number of nitrogens with zero attached hydrogens (tertiary/aromatic N) is 1. The van der Waals surface area contributed by atoms with Crippen LogP contribution in [0.5, 0.6) is 0 Å². The minimum atomic E-state index is -0.421. The van der Waals surface area contributed by atoms with Crippen LogP contribution in [-0.2, 0) is 9.84 Å². The molecular weight excluding hydrogens is 352 g/mol. The van der Waals surface area contributed by atoms with Gasteiger partial charge in [-0.05, 0) is 25.2 Å². The topological polar surface area (TPSA) is 52.9 Å². The SMILES string of the molecule is CCOC([O])=C1C=C=CC(C#N)=C1.[Cl-].[Cl-].[In]. The molecule has 0 N–H and O–H groups in total. The third-order valence-corrected chi connectivity index (χ3v) is 1.43. The first-order valence-corrected chi connectivity index (χ1v) is 3.86. The van der Waals surface area contributed by atoms with Gasteiger partial charge in [0.05, 0.1) is 23.8 Å². The Morgan fingerprint density at radius 2 is 2.12 bits per heavy atom. The van der Waals surface area contributed by atoms with Crippen molar-refractivity contribution < 1.29 is 34.7 Å². The van der Waals surface area contributed by atoms with Crippen LogP contribution in [0.1, 0.15) is 6.92 Å². The second-order valence-electron chi connectivity index (χ2n) is 2.34. The molecule has 0 spiro atoms. The quantitative estimate of drug-likeness (QED) is 0.368. The number of hydrogen-bond acceptors (Lipinski definition) is 2. The molecule has 84 valence electrons. The van der Waals surface area contributed by atoms with E-state index >= 15 is 0 Å². The molecule has 1 aliphatic carbocycles. The van der Waals surface area contributed by atoms with E-state index < -0.39 is 5.95 Å². The fourth-order valence-corrected chi connectivity index (χ4v) is 0.869. The number of ether oxygens (including phenoxy) is 1. The molecule has 0 aliphatic heterocycles. The Morgan fingerprint density at radius 1 is 1.50 bits per heavy atom. The van der Waals surface area contributed by atoms with Crippen LogP contribution < -0.4 is 24.8 Å². The summed E-state index contributed by atoms with van der Waals surface area (Å²) >= 11 is 0. The van der Waals surface area contributed by atoms with Crippen molar-refractivity contribution in [2.24, 2.45) is 0 Å². The molecule has 1 rings (SSSR count). The molecule has 0 fully saturated rings. The zero-order valence-electron chi connectivity index (χ0n) is 8.54. The summed E-state index contributed by atoms with van der Waals surface area (Å²) in [6, 6.07) is 1.93. The first-order chi connectivity index (χ1) is 6.27. The standard InChI is InChI=1S/C10H8NO2.2ClH.In/c1-2-13-10(12)9-5-3-4-8(6-9)7-11;;;/h4-6H,2H2,1H3;2*1H;/p-2. The Balaban J connectivity index is -0.000000563. The molecule has 3 nitrogen and oxygen atoms in total. The van der Waals surface area contributed by atoms with Crippen LogP contribution in [0.2, 0.25) is 0 Å². The van der Waals surface area contributed by atoms with Gasteiger partial charge in [0.15, 0.2) is 0 Å². The van der Waals surface area contributed by atoms with Crippen molar-refractivity contribution in [1.29, 1.82) is 5.26 Å². The van der Waals surface area contributed by atoms with Crippen LogP contribution in [0.25, 0.3) is 0 Å². The van der Waals surface area contributed by atoms with Gasteiger partial charge >= 0.3 is 5.95 Å². The molecule has 0 aromatic carbocycles. The van der Waals surface area contributed by atoms with Gasteiger partial charge in [0.25, 0.3) is 0 Å². The van der Waals surface area contributed by atoms with E-state index in [1.807, 2.05) is 6.07 Å². The van der Waals surface area contributed by atoms with Crippen molar-refractivity contribution in [1.82, 2.24) is 0 Å². The number of nitriles is 1. The van der Waals surface area contributed by atoms with Crippen LogP contribution in [0, 0.1) is 11.3 Å². The maximum absolute atomic E-state index is 11.2. The van der Waals surface area contributed by atoms with Gasteiger partial charge in [-0.25, -0.2) is 5.11 Å². The molecule has 0 saturated heterocycles. The summed E-state index contributed by atoms with van der Waals surface area (Å²) in [5.41, 5.74) is 3.47. The van der Waals surface area contributed by atoms with Crippen molar-refractivity contribution in [3.63, 3.8) is 0 Å². The molecule has 0 unspecified atom stereocenters. The van der Waals surface area contributed by atoms with E-state index in [2.05, 4.69) is 5.73 Å². The predicted molar refractivity (Wildman–Crippen MR) is 51.4 cm³/mol. The van der Waals surface area contributed by atoms with E-state index in [1.54, 1.807) is 6.92 Å². The van der Waals surface area contributed by atoms with Crippen LogP contribution in [0.4, 0.5) is 0 Å². The molecule has 0 bridgehead atoms. The minimum absolute atomic E-state index is 0. The van der Waals surface area contributed by atoms with E-state index in [4.69, 9.17) is 10.00 Å². The maximum atomic E-state index is 11.2. The molecule has 16 heavy (non-hydrogen) atoms. The van der Waals surface area contributed by atoms with E-state index in [1.165, 1.54) is 18.2 Å². The summed E-state index contributed by atoms with van der Waals surface area (Å²) in [6.07, 6.45) is 4.50. The first-order valence-electron chi connectivity index (χ1n) is 3.86. The Bertz CT molecular complexity index is 377. The fourth-order valence-electron chi connectivity index (χ4n) is 0.869. The van der Waals surface area contributed by atoms with Gasteiger partial charge in [-0.15, -0.1) is 5.73 Å². The zero-order chi connectivity index (χ0) is 9.68. The Labute approximate surface area is 126 Å². The van der Waals surface area contributed by atoms with Gasteiger partial charge in [0, 0.05) is 25.8 Å². The molecule has 0 atom stereocenters. The van der Waals surface area contributed by atoms with Crippen LogP contribution in [0.3, 0.4) is 0 Å². The molecule has 0 aromatic rings. The van der Waals surface area contributed by atoms with Crippen molar-refractivity contribution in [2.45, 2.75) is 6.92 Å². The summed E-state index contributed by atoms with van der Waals surface area (Å²) in [4.78, 5) is 0. The number of halogens is 2. The second kappa shape index (κ2) is 11.0. The third-order valence-electron chi connectivity index (χ3n) is 1.43.